The van der Waals surface area contributed by atoms with Crippen LogP contribution in [0.4, 0.5) is 0 Å². The summed E-state index contributed by atoms with van der Waals surface area (Å²) in [7, 11) is 0. The van der Waals surface area contributed by atoms with Gasteiger partial charge in [-0.1, -0.05) is 62.2 Å². The zero-order valence-corrected chi connectivity index (χ0v) is 21.3. The maximum Gasteiger partial charge on any atom is 0.232 e. The predicted octanol–water partition coefficient (Wildman–Crippen LogP) is 6.71. The van der Waals surface area contributed by atoms with Gasteiger partial charge in [0, 0.05) is 30.0 Å². The number of allylic oxidation sites excluding steroid dienone is 1. The SMILES string of the molecule is CCC[N+]1(C/C2=C/CCCCCC2)CCC(NC(=O)C2c3ccccc3Oc3ccccc32)CC1. The summed E-state index contributed by atoms with van der Waals surface area (Å²) in [6.45, 7) is 7.11. The number of carbonyl (C=O) groups excluding carboxylic acids is 1. The van der Waals surface area contributed by atoms with Crippen LogP contribution < -0.4 is 10.1 Å². The molecule has 35 heavy (non-hydrogen) atoms. The molecular formula is C31H41N2O2+. The van der Waals surface area contributed by atoms with E-state index in [9.17, 15) is 4.79 Å². The summed E-state index contributed by atoms with van der Waals surface area (Å²) < 4.78 is 7.31. The van der Waals surface area contributed by atoms with Crippen LogP contribution in [0.3, 0.4) is 0 Å². The molecule has 0 spiro atoms. The fourth-order valence-corrected chi connectivity index (χ4v) is 6.50. The Kier molecular flexibility index (Phi) is 7.57. The number of likely N-dealkylation sites (tertiary alicyclic amines) is 1. The maximum absolute atomic E-state index is 13.7. The lowest BCUT2D eigenvalue weighted by molar-refractivity contribution is -0.928. The quantitative estimate of drug-likeness (QED) is 0.374. The third-order valence-corrected chi connectivity index (χ3v) is 8.31. The molecule has 2 aliphatic heterocycles. The second-order valence-electron chi connectivity index (χ2n) is 10.9. The topological polar surface area (TPSA) is 38.3 Å². The van der Waals surface area contributed by atoms with Gasteiger partial charge in [0.15, 0.2) is 0 Å². The molecule has 1 fully saturated rings. The number of para-hydroxylation sites is 2. The van der Waals surface area contributed by atoms with E-state index in [0.717, 1.165) is 48.6 Å². The van der Waals surface area contributed by atoms with Crippen LogP contribution in [0.5, 0.6) is 11.5 Å². The Morgan fingerprint density at radius 3 is 2.29 bits per heavy atom. The molecule has 2 aromatic rings. The number of nitrogens with one attached hydrogen (secondary N) is 1. The summed E-state index contributed by atoms with van der Waals surface area (Å²) in [4.78, 5) is 13.7. The second kappa shape index (κ2) is 11.0. The highest BCUT2D eigenvalue weighted by Crippen LogP contribution is 2.44. The van der Waals surface area contributed by atoms with Crippen LogP contribution in [-0.2, 0) is 4.79 Å². The first kappa shape index (κ1) is 24.1. The summed E-state index contributed by atoms with van der Waals surface area (Å²) in [6.07, 6.45) is 13.9. The average Bonchev–Trinajstić information content (AvgIpc) is 2.86. The van der Waals surface area contributed by atoms with Gasteiger partial charge in [0.1, 0.15) is 18.0 Å². The Morgan fingerprint density at radius 2 is 1.60 bits per heavy atom. The zero-order chi connectivity index (χ0) is 24.1. The van der Waals surface area contributed by atoms with Gasteiger partial charge in [0.25, 0.3) is 0 Å². The smallest absolute Gasteiger partial charge is 0.232 e. The van der Waals surface area contributed by atoms with Gasteiger partial charge in [-0.3, -0.25) is 4.79 Å². The molecule has 1 amide bonds. The lowest BCUT2D eigenvalue weighted by Gasteiger charge is -2.45. The van der Waals surface area contributed by atoms with Gasteiger partial charge in [-0.05, 0) is 49.8 Å². The number of hydrogen-bond acceptors (Lipinski definition) is 2. The second-order valence-corrected chi connectivity index (χ2v) is 10.9. The third kappa shape index (κ3) is 5.48. The lowest BCUT2D eigenvalue weighted by atomic mass is 9.86. The van der Waals surface area contributed by atoms with Crippen LogP contribution >= 0.6 is 0 Å². The standard InChI is InChI=1S/C31H40N2O2/c1-2-20-33(23-24-12-6-4-3-5-7-13-24)21-18-25(19-22-33)32-31(34)30-26-14-8-10-16-28(26)35-29-17-11-9-15-27(29)30/h8-12,14-17,25,30H,2-7,13,18-23H2,1H3/p+1/b24-12+. The van der Waals surface area contributed by atoms with E-state index in [1.54, 1.807) is 5.57 Å². The van der Waals surface area contributed by atoms with Crippen LogP contribution in [0.1, 0.15) is 81.8 Å². The van der Waals surface area contributed by atoms with Gasteiger partial charge in [0.05, 0.1) is 25.6 Å². The van der Waals surface area contributed by atoms with Crippen LogP contribution in [0.25, 0.3) is 0 Å². The van der Waals surface area contributed by atoms with E-state index in [1.165, 1.54) is 62.5 Å². The van der Waals surface area contributed by atoms with E-state index in [2.05, 4.69) is 18.3 Å². The number of carbonyl (C=O) groups is 1. The molecule has 0 aromatic heterocycles. The molecule has 5 rings (SSSR count). The fraction of sp³-hybridized carbons (Fsp3) is 0.516. The number of benzene rings is 2. The van der Waals surface area contributed by atoms with Crippen molar-refractivity contribution in [1.29, 1.82) is 0 Å². The Labute approximate surface area is 211 Å². The molecule has 1 N–H and O–H groups in total. The highest BCUT2D eigenvalue weighted by molar-refractivity contribution is 5.89. The van der Waals surface area contributed by atoms with E-state index in [-0.39, 0.29) is 17.9 Å². The maximum atomic E-state index is 13.7. The summed E-state index contributed by atoms with van der Waals surface area (Å²) in [5.41, 5.74) is 3.62. The first-order valence-corrected chi connectivity index (χ1v) is 13.9. The van der Waals surface area contributed by atoms with Crippen molar-refractivity contribution in [2.45, 2.75) is 76.7 Å². The molecule has 0 unspecified atom stereocenters. The van der Waals surface area contributed by atoms with Gasteiger partial charge in [-0.2, -0.15) is 0 Å². The minimum atomic E-state index is -0.312. The van der Waals surface area contributed by atoms with Gasteiger partial charge in [-0.15, -0.1) is 0 Å². The van der Waals surface area contributed by atoms with Crippen molar-refractivity contribution in [3.8, 4) is 11.5 Å². The average molecular weight is 474 g/mol. The summed E-state index contributed by atoms with van der Waals surface area (Å²) in [6, 6.07) is 16.2. The first-order valence-electron chi connectivity index (χ1n) is 13.9. The lowest BCUT2D eigenvalue weighted by Crippen LogP contribution is -2.58. The monoisotopic (exact) mass is 473 g/mol. The Bertz CT molecular complexity index is 1010. The molecule has 0 saturated carbocycles. The van der Waals surface area contributed by atoms with Gasteiger partial charge >= 0.3 is 0 Å². The minimum Gasteiger partial charge on any atom is -0.457 e. The summed E-state index contributed by atoms with van der Waals surface area (Å²) in [5, 5.41) is 3.45. The molecule has 1 aliphatic carbocycles. The number of hydrogen-bond donors (Lipinski definition) is 1. The number of ether oxygens (including phenoxy) is 1. The third-order valence-electron chi connectivity index (χ3n) is 8.31. The molecule has 3 aliphatic rings. The van der Waals surface area contributed by atoms with E-state index in [0.29, 0.717) is 0 Å². The molecule has 0 bridgehead atoms. The minimum absolute atomic E-state index is 0.108. The number of quaternary nitrogens is 1. The van der Waals surface area contributed by atoms with Gasteiger partial charge in [-0.25, -0.2) is 0 Å². The number of amides is 1. The Morgan fingerprint density at radius 1 is 0.943 bits per heavy atom. The molecule has 4 heteroatoms. The van der Waals surface area contributed by atoms with E-state index in [1.807, 2.05) is 48.5 Å². The van der Waals surface area contributed by atoms with Crippen LogP contribution in [-0.4, -0.2) is 42.6 Å². The first-order chi connectivity index (χ1) is 17.2. The highest BCUT2D eigenvalue weighted by Gasteiger charge is 2.37. The molecule has 4 nitrogen and oxygen atoms in total. The molecule has 0 radical (unpaired) electrons. The summed E-state index contributed by atoms with van der Waals surface area (Å²) >= 11 is 0. The number of fused-ring (bicyclic) bond motifs is 2. The Hall–Kier alpha value is -2.59. The van der Waals surface area contributed by atoms with Crippen molar-refractivity contribution in [2.75, 3.05) is 26.2 Å². The van der Waals surface area contributed by atoms with Crippen LogP contribution in [0, 0.1) is 0 Å². The number of piperidine rings is 1. The van der Waals surface area contributed by atoms with Crippen molar-refractivity contribution < 1.29 is 14.0 Å². The van der Waals surface area contributed by atoms with Gasteiger partial charge < -0.3 is 14.5 Å². The highest BCUT2D eigenvalue weighted by atomic mass is 16.5. The van der Waals surface area contributed by atoms with Crippen LogP contribution in [0.2, 0.25) is 0 Å². The normalized spacial score (nSPS) is 26.2. The predicted molar refractivity (Wildman–Crippen MR) is 142 cm³/mol. The van der Waals surface area contributed by atoms with Crippen molar-refractivity contribution in [2.24, 2.45) is 0 Å². The Balaban J connectivity index is 1.27. The van der Waals surface area contributed by atoms with Crippen molar-refractivity contribution >= 4 is 5.91 Å². The van der Waals surface area contributed by atoms with Crippen molar-refractivity contribution in [3.63, 3.8) is 0 Å². The van der Waals surface area contributed by atoms with E-state index >= 15 is 0 Å². The van der Waals surface area contributed by atoms with E-state index in [4.69, 9.17) is 4.74 Å². The molecular weight excluding hydrogens is 432 g/mol. The summed E-state index contributed by atoms with van der Waals surface area (Å²) in [5.74, 6) is 1.38. The van der Waals surface area contributed by atoms with Crippen LogP contribution in [0.15, 0.2) is 60.2 Å². The number of nitrogens with zero attached hydrogens (tertiary/aromatic N) is 1. The molecule has 1 saturated heterocycles. The largest absolute Gasteiger partial charge is 0.457 e. The van der Waals surface area contributed by atoms with Gasteiger partial charge in [0.2, 0.25) is 5.91 Å². The fourth-order valence-electron chi connectivity index (χ4n) is 6.50. The molecule has 186 valence electrons. The van der Waals surface area contributed by atoms with E-state index < -0.39 is 0 Å². The van der Waals surface area contributed by atoms with Crippen molar-refractivity contribution in [3.05, 3.63) is 71.3 Å². The van der Waals surface area contributed by atoms with Crippen molar-refractivity contribution in [1.82, 2.24) is 5.32 Å². The number of rotatable bonds is 6. The molecule has 2 heterocycles. The zero-order valence-electron chi connectivity index (χ0n) is 21.3. The molecule has 2 aromatic carbocycles. The molecule has 0 atom stereocenters.